The van der Waals surface area contributed by atoms with Crippen LogP contribution in [0.4, 0.5) is 13.2 Å². The fourth-order valence-electron chi connectivity index (χ4n) is 3.06. The van der Waals surface area contributed by atoms with Crippen LogP contribution >= 0.6 is 0 Å². The molecule has 1 aromatic heterocycles. The first-order chi connectivity index (χ1) is 13.3. The first kappa shape index (κ1) is 19.9. The molecule has 1 aromatic carbocycles. The van der Waals surface area contributed by atoms with E-state index in [1.54, 1.807) is 17.0 Å². The van der Waals surface area contributed by atoms with Gasteiger partial charge in [-0.3, -0.25) is 4.79 Å². The summed E-state index contributed by atoms with van der Waals surface area (Å²) in [7, 11) is 1.49. The number of methoxy groups -OCH3 is 1. The molecular weight excluding hydrogens is 375 g/mol. The lowest BCUT2D eigenvalue weighted by Crippen LogP contribution is -2.45. The molecule has 0 aliphatic carbocycles. The van der Waals surface area contributed by atoms with Crippen LogP contribution in [-0.4, -0.2) is 47.3 Å². The Morgan fingerprint density at radius 2 is 1.96 bits per heavy atom. The van der Waals surface area contributed by atoms with E-state index in [0.29, 0.717) is 30.4 Å². The molecule has 0 spiro atoms. The summed E-state index contributed by atoms with van der Waals surface area (Å²) in [6, 6.07) is 8.11. The second-order valence-electron chi connectivity index (χ2n) is 6.51. The topological polar surface area (TPSA) is 64.6 Å². The van der Waals surface area contributed by atoms with Gasteiger partial charge in [0.05, 0.1) is 25.6 Å². The minimum Gasteiger partial charge on any atom is -0.480 e. The van der Waals surface area contributed by atoms with Crippen LogP contribution in [0.1, 0.15) is 24.0 Å². The minimum absolute atomic E-state index is 0.0843. The molecule has 1 amide bonds. The predicted octanol–water partition coefficient (Wildman–Crippen LogP) is 3.12. The van der Waals surface area contributed by atoms with Gasteiger partial charge in [-0.25, -0.2) is 0 Å². The van der Waals surface area contributed by atoms with Crippen molar-refractivity contribution in [2.75, 3.05) is 20.2 Å². The molecular formula is C19H20F3N3O3. The largest absolute Gasteiger partial charge is 0.480 e. The summed E-state index contributed by atoms with van der Waals surface area (Å²) < 4.78 is 49.2. The monoisotopic (exact) mass is 395 g/mol. The number of piperidine rings is 1. The van der Waals surface area contributed by atoms with E-state index in [-0.39, 0.29) is 18.4 Å². The number of aromatic nitrogens is 2. The third-order valence-corrected chi connectivity index (χ3v) is 4.45. The highest BCUT2D eigenvalue weighted by Gasteiger charge is 2.31. The SMILES string of the molecule is COc1ccc(OC2CCCN(C(=O)Cc3cccc(C(F)(F)F)c3)C2)nn1. The first-order valence-corrected chi connectivity index (χ1v) is 8.83. The Hall–Kier alpha value is -2.84. The summed E-state index contributed by atoms with van der Waals surface area (Å²) in [6.07, 6.45) is -3.27. The van der Waals surface area contributed by atoms with Crippen molar-refractivity contribution in [2.45, 2.75) is 31.5 Å². The second kappa shape index (κ2) is 8.45. The predicted molar refractivity (Wildman–Crippen MR) is 94.0 cm³/mol. The number of carbonyl (C=O) groups excluding carboxylic acids is 1. The smallest absolute Gasteiger partial charge is 0.416 e. The molecule has 9 heteroatoms. The van der Waals surface area contributed by atoms with Crippen molar-refractivity contribution in [3.8, 4) is 11.8 Å². The van der Waals surface area contributed by atoms with Crippen LogP contribution in [0, 0.1) is 0 Å². The van der Waals surface area contributed by atoms with Gasteiger partial charge in [0.1, 0.15) is 6.10 Å². The standard InChI is InChI=1S/C19H20F3N3O3/c1-27-16-7-8-17(24-23-16)28-15-6-3-9-25(12-15)18(26)11-13-4-2-5-14(10-13)19(20,21)22/h2,4-5,7-8,10,15H,3,6,9,11-12H2,1H3. The maximum absolute atomic E-state index is 12.8. The third-order valence-electron chi connectivity index (χ3n) is 4.45. The van der Waals surface area contributed by atoms with Crippen molar-refractivity contribution in [1.29, 1.82) is 0 Å². The van der Waals surface area contributed by atoms with Gasteiger partial charge in [0.25, 0.3) is 0 Å². The molecule has 1 unspecified atom stereocenters. The van der Waals surface area contributed by atoms with Crippen LogP contribution in [0.3, 0.4) is 0 Å². The van der Waals surface area contributed by atoms with Gasteiger partial charge in [-0.1, -0.05) is 18.2 Å². The van der Waals surface area contributed by atoms with Crippen molar-refractivity contribution in [1.82, 2.24) is 15.1 Å². The Labute approximate surface area is 160 Å². The van der Waals surface area contributed by atoms with E-state index in [9.17, 15) is 18.0 Å². The summed E-state index contributed by atoms with van der Waals surface area (Å²) in [6.45, 7) is 0.900. The number of carbonyl (C=O) groups is 1. The lowest BCUT2D eigenvalue weighted by molar-refractivity contribution is -0.138. The average Bonchev–Trinajstić information content (AvgIpc) is 2.68. The molecule has 3 rings (SSSR count). The lowest BCUT2D eigenvalue weighted by atomic mass is 10.0. The number of hydrogen-bond acceptors (Lipinski definition) is 5. The zero-order valence-corrected chi connectivity index (χ0v) is 15.3. The van der Waals surface area contributed by atoms with Gasteiger partial charge in [0, 0.05) is 18.7 Å². The first-order valence-electron chi connectivity index (χ1n) is 8.83. The number of rotatable bonds is 5. The molecule has 0 bridgehead atoms. The van der Waals surface area contributed by atoms with Crippen molar-refractivity contribution in [2.24, 2.45) is 0 Å². The van der Waals surface area contributed by atoms with Crippen LogP contribution in [0.25, 0.3) is 0 Å². The maximum atomic E-state index is 12.8. The Bertz CT molecular complexity index is 812. The van der Waals surface area contributed by atoms with Gasteiger partial charge in [-0.2, -0.15) is 13.2 Å². The Balaban J connectivity index is 1.59. The van der Waals surface area contributed by atoms with E-state index >= 15 is 0 Å². The van der Waals surface area contributed by atoms with Crippen molar-refractivity contribution in [3.63, 3.8) is 0 Å². The van der Waals surface area contributed by atoms with Crippen molar-refractivity contribution < 1.29 is 27.4 Å². The molecule has 150 valence electrons. The van der Waals surface area contributed by atoms with Crippen LogP contribution < -0.4 is 9.47 Å². The van der Waals surface area contributed by atoms with Crippen LogP contribution in [0.5, 0.6) is 11.8 Å². The highest BCUT2D eigenvalue weighted by molar-refractivity contribution is 5.79. The van der Waals surface area contributed by atoms with Crippen LogP contribution in [0.15, 0.2) is 36.4 Å². The Morgan fingerprint density at radius 3 is 2.64 bits per heavy atom. The molecule has 1 atom stereocenters. The molecule has 2 aromatic rings. The number of ether oxygens (including phenoxy) is 2. The minimum atomic E-state index is -4.43. The lowest BCUT2D eigenvalue weighted by Gasteiger charge is -2.32. The zero-order chi connectivity index (χ0) is 20.1. The third kappa shape index (κ3) is 5.11. The second-order valence-corrected chi connectivity index (χ2v) is 6.51. The Morgan fingerprint density at radius 1 is 1.21 bits per heavy atom. The summed E-state index contributed by atoms with van der Waals surface area (Å²) in [4.78, 5) is 14.2. The average molecular weight is 395 g/mol. The Kier molecular flexibility index (Phi) is 6.01. The van der Waals surface area contributed by atoms with Crippen molar-refractivity contribution in [3.05, 3.63) is 47.5 Å². The molecule has 0 saturated carbocycles. The number of benzene rings is 1. The molecule has 28 heavy (non-hydrogen) atoms. The van der Waals surface area contributed by atoms with Crippen molar-refractivity contribution >= 4 is 5.91 Å². The molecule has 0 radical (unpaired) electrons. The summed E-state index contributed by atoms with van der Waals surface area (Å²) >= 11 is 0. The number of halogens is 3. The molecule has 2 heterocycles. The van der Waals surface area contributed by atoms with Gasteiger partial charge in [0.15, 0.2) is 0 Å². The fourth-order valence-corrected chi connectivity index (χ4v) is 3.06. The summed E-state index contributed by atoms with van der Waals surface area (Å²) in [5.74, 6) is 0.473. The van der Waals surface area contributed by atoms with E-state index in [1.165, 1.54) is 19.2 Å². The zero-order valence-electron chi connectivity index (χ0n) is 15.3. The van der Waals surface area contributed by atoms with E-state index in [1.807, 2.05) is 0 Å². The van der Waals surface area contributed by atoms with E-state index in [4.69, 9.17) is 9.47 Å². The van der Waals surface area contributed by atoms with Crippen LogP contribution in [0.2, 0.25) is 0 Å². The summed E-state index contributed by atoms with van der Waals surface area (Å²) in [5, 5.41) is 7.74. The van der Waals surface area contributed by atoms with Gasteiger partial charge >= 0.3 is 6.18 Å². The van der Waals surface area contributed by atoms with Gasteiger partial charge in [-0.05, 0) is 24.5 Å². The molecule has 1 saturated heterocycles. The number of likely N-dealkylation sites (tertiary alicyclic amines) is 1. The van der Waals surface area contributed by atoms with Gasteiger partial charge < -0.3 is 14.4 Å². The van der Waals surface area contributed by atoms with E-state index in [0.717, 1.165) is 25.0 Å². The molecule has 1 aliphatic rings. The molecule has 0 N–H and O–H groups in total. The van der Waals surface area contributed by atoms with Gasteiger partial charge in [0.2, 0.25) is 17.7 Å². The number of amides is 1. The number of nitrogens with zero attached hydrogens (tertiary/aromatic N) is 3. The van der Waals surface area contributed by atoms with E-state index < -0.39 is 11.7 Å². The molecule has 6 nitrogen and oxygen atoms in total. The normalized spacial score (nSPS) is 17.3. The number of alkyl halides is 3. The maximum Gasteiger partial charge on any atom is 0.416 e. The fraction of sp³-hybridized carbons (Fsp3) is 0.421. The molecule has 1 fully saturated rings. The highest BCUT2D eigenvalue weighted by Crippen LogP contribution is 2.29. The number of hydrogen-bond donors (Lipinski definition) is 0. The van der Waals surface area contributed by atoms with E-state index in [2.05, 4.69) is 10.2 Å². The quantitative estimate of drug-likeness (QED) is 0.778. The summed E-state index contributed by atoms with van der Waals surface area (Å²) in [5.41, 5.74) is -0.417. The highest BCUT2D eigenvalue weighted by atomic mass is 19.4. The molecule has 1 aliphatic heterocycles. The van der Waals surface area contributed by atoms with Crippen LogP contribution in [-0.2, 0) is 17.4 Å². The van der Waals surface area contributed by atoms with Gasteiger partial charge in [-0.15, -0.1) is 10.2 Å².